The van der Waals surface area contributed by atoms with Crippen LogP contribution in [0.3, 0.4) is 0 Å². The third kappa shape index (κ3) is 4.83. The number of aryl methyl sites for hydroxylation is 1. The average Bonchev–Trinajstić information content (AvgIpc) is 2.80. The highest BCUT2D eigenvalue weighted by molar-refractivity contribution is 5.89. The van der Waals surface area contributed by atoms with Crippen LogP contribution in [0, 0.1) is 29.3 Å². The van der Waals surface area contributed by atoms with E-state index < -0.39 is 29.8 Å². The largest absolute Gasteiger partial charge is 0.429 e. The van der Waals surface area contributed by atoms with Crippen molar-refractivity contribution >= 4 is 10.8 Å². The summed E-state index contributed by atoms with van der Waals surface area (Å²) in [4.78, 5) is 0. The van der Waals surface area contributed by atoms with Gasteiger partial charge in [-0.15, -0.1) is 0 Å². The Kier molecular flexibility index (Phi) is 6.32. The zero-order valence-corrected chi connectivity index (χ0v) is 17.4. The van der Waals surface area contributed by atoms with Gasteiger partial charge in [-0.05, 0) is 59.3 Å². The first kappa shape index (κ1) is 22.3. The summed E-state index contributed by atoms with van der Waals surface area (Å²) in [6.45, 7) is -1.31. The summed E-state index contributed by atoms with van der Waals surface area (Å²) in [5, 5.41) is 0.794. The van der Waals surface area contributed by atoms with Crippen molar-refractivity contribution in [3.8, 4) is 28.7 Å². The monoisotopic (exact) mass is 452 g/mol. The van der Waals surface area contributed by atoms with Crippen LogP contribution in [0.25, 0.3) is 21.9 Å². The van der Waals surface area contributed by atoms with E-state index in [2.05, 4.69) is 23.5 Å². The summed E-state index contributed by atoms with van der Waals surface area (Å²) in [6.07, 6.45) is 0.943. The van der Waals surface area contributed by atoms with Crippen LogP contribution in [0.4, 0.5) is 22.0 Å². The van der Waals surface area contributed by atoms with Gasteiger partial charge in [-0.2, -0.15) is 8.78 Å². The predicted octanol–water partition coefficient (Wildman–Crippen LogP) is 7.49. The molecule has 0 saturated heterocycles. The van der Waals surface area contributed by atoms with Gasteiger partial charge in [0.1, 0.15) is 5.82 Å². The van der Waals surface area contributed by atoms with Gasteiger partial charge in [-0.25, -0.2) is 13.2 Å². The highest BCUT2D eigenvalue weighted by Gasteiger charge is 2.19. The van der Waals surface area contributed by atoms with E-state index in [1.807, 2.05) is 24.3 Å². The van der Waals surface area contributed by atoms with E-state index in [9.17, 15) is 17.6 Å². The summed E-state index contributed by atoms with van der Waals surface area (Å²) in [5.74, 6) is 1.53. The fourth-order valence-electron chi connectivity index (χ4n) is 3.48. The van der Waals surface area contributed by atoms with Crippen molar-refractivity contribution in [2.75, 3.05) is 0 Å². The van der Waals surface area contributed by atoms with Gasteiger partial charge < -0.3 is 4.74 Å². The summed E-state index contributed by atoms with van der Waals surface area (Å²) >= 11 is 0. The van der Waals surface area contributed by atoms with Crippen LogP contribution in [-0.4, -0.2) is 6.61 Å². The SMILES string of the molecule is CCc1ccc(C#Cc2ccc3c(F)c(-c4cc(F)c(OC(F)F)c(F)c4)ccc3c2)cc1. The van der Waals surface area contributed by atoms with Gasteiger partial charge in [0.2, 0.25) is 0 Å². The van der Waals surface area contributed by atoms with Crippen LogP contribution in [0.2, 0.25) is 0 Å². The first-order chi connectivity index (χ1) is 15.9. The van der Waals surface area contributed by atoms with Crippen molar-refractivity contribution in [3.05, 3.63) is 101 Å². The van der Waals surface area contributed by atoms with E-state index in [0.717, 1.165) is 24.1 Å². The standard InChI is InChI=1S/C27H17F5O/c1-2-16-3-5-17(6-4-16)7-8-18-9-11-21-19(13-18)10-12-22(25(21)30)20-14-23(28)26(24(29)15-20)33-27(31)32/h3-6,9-15,27H,2H2,1H3. The van der Waals surface area contributed by atoms with Crippen molar-refractivity contribution in [1.29, 1.82) is 0 Å². The van der Waals surface area contributed by atoms with E-state index in [-0.39, 0.29) is 16.5 Å². The second-order valence-electron chi connectivity index (χ2n) is 7.31. The topological polar surface area (TPSA) is 9.23 Å². The summed E-state index contributed by atoms with van der Waals surface area (Å²) < 4.78 is 71.8. The van der Waals surface area contributed by atoms with Gasteiger partial charge >= 0.3 is 6.61 Å². The fraction of sp³-hybridized carbons (Fsp3) is 0.111. The lowest BCUT2D eigenvalue weighted by Crippen LogP contribution is -2.06. The zero-order valence-electron chi connectivity index (χ0n) is 17.4. The maximum absolute atomic E-state index is 15.2. The Morgan fingerprint density at radius 1 is 0.788 bits per heavy atom. The van der Waals surface area contributed by atoms with Gasteiger partial charge in [0.25, 0.3) is 0 Å². The lowest BCUT2D eigenvalue weighted by Gasteiger charge is -2.11. The minimum atomic E-state index is -3.38. The number of hydrogen-bond donors (Lipinski definition) is 0. The quantitative estimate of drug-likeness (QED) is 0.230. The average molecular weight is 452 g/mol. The molecule has 166 valence electrons. The number of halogens is 5. The summed E-state index contributed by atoms with van der Waals surface area (Å²) in [6, 6.07) is 17.3. The number of fused-ring (bicyclic) bond motifs is 1. The highest BCUT2D eigenvalue weighted by Crippen LogP contribution is 2.34. The number of alkyl halides is 2. The zero-order chi connectivity index (χ0) is 23.5. The molecule has 0 bridgehead atoms. The molecule has 4 aromatic rings. The maximum atomic E-state index is 15.2. The Balaban J connectivity index is 1.67. The third-order valence-corrected chi connectivity index (χ3v) is 5.18. The van der Waals surface area contributed by atoms with Crippen molar-refractivity contribution in [1.82, 2.24) is 0 Å². The molecular weight excluding hydrogens is 435 g/mol. The molecule has 0 fully saturated rings. The maximum Gasteiger partial charge on any atom is 0.387 e. The molecule has 0 saturated carbocycles. The third-order valence-electron chi connectivity index (χ3n) is 5.18. The molecule has 4 rings (SSSR count). The Morgan fingerprint density at radius 3 is 2.06 bits per heavy atom. The van der Waals surface area contributed by atoms with Crippen molar-refractivity contribution < 1.29 is 26.7 Å². The molecule has 0 aliphatic heterocycles. The molecular formula is C27H17F5O. The van der Waals surface area contributed by atoms with E-state index in [1.165, 1.54) is 11.6 Å². The minimum Gasteiger partial charge on any atom is -0.429 e. The molecule has 6 heteroatoms. The van der Waals surface area contributed by atoms with Crippen LogP contribution in [0.5, 0.6) is 5.75 Å². The molecule has 0 spiro atoms. The van der Waals surface area contributed by atoms with E-state index >= 15 is 4.39 Å². The van der Waals surface area contributed by atoms with Crippen molar-refractivity contribution in [2.24, 2.45) is 0 Å². The van der Waals surface area contributed by atoms with Crippen LogP contribution in [-0.2, 0) is 6.42 Å². The van der Waals surface area contributed by atoms with Crippen LogP contribution < -0.4 is 4.74 Å². The van der Waals surface area contributed by atoms with Crippen LogP contribution in [0.1, 0.15) is 23.6 Å². The highest BCUT2D eigenvalue weighted by atomic mass is 19.3. The van der Waals surface area contributed by atoms with Gasteiger partial charge in [-0.3, -0.25) is 0 Å². The first-order valence-corrected chi connectivity index (χ1v) is 10.1. The van der Waals surface area contributed by atoms with Gasteiger partial charge in [-0.1, -0.05) is 49.1 Å². The number of rotatable bonds is 4. The van der Waals surface area contributed by atoms with Crippen molar-refractivity contribution in [2.45, 2.75) is 20.0 Å². The van der Waals surface area contributed by atoms with E-state index in [0.29, 0.717) is 10.9 Å². The number of benzene rings is 4. The molecule has 0 aliphatic carbocycles. The molecule has 33 heavy (non-hydrogen) atoms. The van der Waals surface area contributed by atoms with E-state index in [1.54, 1.807) is 24.3 Å². The Morgan fingerprint density at radius 2 is 1.42 bits per heavy atom. The van der Waals surface area contributed by atoms with Crippen molar-refractivity contribution in [3.63, 3.8) is 0 Å². The lowest BCUT2D eigenvalue weighted by atomic mass is 9.98. The predicted molar refractivity (Wildman–Crippen MR) is 118 cm³/mol. The molecule has 4 aromatic carbocycles. The first-order valence-electron chi connectivity index (χ1n) is 10.1. The minimum absolute atomic E-state index is 0.0706. The van der Waals surface area contributed by atoms with Gasteiger partial charge in [0, 0.05) is 22.1 Å². The molecule has 0 radical (unpaired) electrons. The molecule has 0 amide bonds. The molecule has 0 N–H and O–H groups in total. The normalized spacial score (nSPS) is 10.9. The Labute approximate surface area is 187 Å². The van der Waals surface area contributed by atoms with Crippen LogP contribution >= 0.6 is 0 Å². The molecule has 0 unspecified atom stereocenters. The Hall–Kier alpha value is -3.85. The Bertz CT molecular complexity index is 1360. The van der Waals surface area contributed by atoms with Crippen LogP contribution in [0.15, 0.2) is 66.7 Å². The second kappa shape index (κ2) is 9.33. The summed E-state index contributed by atoms with van der Waals surface area (Å²) in [5.41, 5.74) is 2.55. The molecule has 0 atom stereocenters. The van der Waals surface area contributed by atoms with E-state index in [4.69, 9.17) is 0 Å². The van der Waals surface area contributed by atoms with Gasteiger partial charge in [0.05, 0.1) is 0 Å². The number of ether oxygens (including phenoxy) is 1. The second-order valence-corrected chi connectivity index (χ2v) is 7.31. The molecule has 1 nitrogen and oxygen atoms in total. The lowest BCUT2D eigenvalue weighted by molar-refractivity contribution is -0.0546. The molecule has 0 heterocycles. The summed E-state index contributed by atoms with van der Waals surface area (Å²) in [7, 11) is 0. The molecule has 0 aliphatic rings. The fourth-order valence-corrected chi connectivity index (χ4v) is 3.48. The molecule has 0 aromatic heterocycles. The number of hydrogen-bond acceptors (Lipinski definition) is 1. The van der Waals surface area contributed by atoms with Gasteiger partial charge in [0.15, 0.2) is 17.4 Å². The smallest absolute Gasteiger partial charge is 0.387 e.